The van der Waals surface area contributed by atoms with E-state index in [1.54, 1.807) is 17.4 Å². The molecule has 4 rings (SSSR count). The molecular weight excluding hydrogens is 388 g/mol. The van der Waals surface area contributed by atoms with Gasteiger partial charge in [-0.3, -0.25) is 4.79 Å². The van der Waals surface area contributed by atoms with Crippen LogP contribution in [0.25, 0.3) is 22.3 Å². The molecule has 4 aromatic rings. The zero-order chi connectivity index (χ0) is 20.9. The minimum absolute atomic E-state index is 0.0924. The Morgan fingerprint density at radius 3 is 2.27 bits per heavy atom. The first kappa shape index (κ1) is 19.6. The summed E-state index contributed by atoms with van der Waals surface area (Å²) in [6, 6.07) is 27.4. The van der Waals surface area contributed by atoms with Crippen molar-refractivity contribution < 1.29 is 4.79 Å². The molecule has 30 heavy (non-hydrogen) atoms. The number of amides is 1. The van der Waals surface area contributed by atoms with Gasteiger partial charge in [0.2, 0.25) is 0 Å². The third-order valence-electron chi connectivity index (χ3n) is 5.08. The maximum Gasteiger partial charge on any atom is 0.251 e. The molecule has 3 nitrogen and oxygen atoms in total. The van der Waals surface area contributed by atoms with Crippen LogP contribution < -0.4 is 5.32 Å². The number of nitriles is 1. The van der Waals surface area contributed by atoms with E-state index in [4.69, 9.17) is 5.26 Å². The number of rotatable bonds is 5. The van der Waals surface area contributed by atoms with E-state index in [0.717, 1.165) is 22.3 Å². The van der Waals surface area contributed by atoms with Crippen molar-refractivity contribution >= 4 is 17.2 Å². The smallest absolute Gasteiger partial charge is 0.251 e. The van der Waals surface area contributed by atoms with Gasteiger partial charge in [-0.05, 0) is 75.8 Å². The molecule has 0 aliphatic rings. The normalized spacial score (nSPS) is 11.5. The molecule has 1 N–H and O–H groups in total. The molecule has 0 aliphatic heterocycles. The van der Waals surface area contributed by atoms with Gasteiger partial charge in [0, 0.05) is 5.56 Å². The van der Waals surface area contributed by atoms with Crippen LogP contribution in [0, 0.1) is 11.3 Å². The van der Waals surface area contributed by atoms with E-state index in [1.807, 2.05) is 79.0 Å². The Hall–Kier alpha value is -3.68. The second kappa shape index (κ2) is 8.77. The fraction of sp³-hybridized carbons (Fsp3) is 0.0769. The van der Waals surface area contributed by atoms with E-state index >= 15 is 0 Å². The first-order chi connectivity index (χ1) is 14.6. The van der Waals surface area contributed by atoms with E-state index in [-0.39, 0.29) is 11.9 Å². The van der Waals surface area contributed by atoms with Crippen molar-refractivity contribution in [2.24, 2.45) is 0 Å². The lowest BCUT2D eigenvalue weighted by Crippen LogP contribution is -2.26. The third-order valence-corrected chi connectivity index (χ3v) is 5.77. The zero-order valence-corrected chi connectivity index (χ0v) is 17.3. The molecule has 1 aromatic heterocycles. The minimum atomic E-state index is -0.117. The molecule has 0 bridgehead atoms. The molecule has 0 saturated carbocycles. The molecule has 146 valence electrons. The average molecular weight is 409 g/mol. The lowest BCUT2D eigenvalue weighted by molar-refractivity contribution is 0.0940. The maximum absolute atomic E-state index is 12.6. The number of hydrogen-bond donors (Lipinski definition) is 1. The highest BCUT2D eigenvalue weighted by atomic mass is 32.1. The summed E-state index contributed by atoms with van der Waals surface area (Å²) in [6.45, 7) is 1.98. The zero-order valence-electron chi connectivity index (χ0n) is 16.5. The SMILES string of the molecule is CC(NC(=O)c1ccc(-c2ccsc2)cc1)c1ccc(-c2cccc(C#N)c2)cc1. The summed E-state index contributed by atoms with van der Waals surface area (Å²) in [5.41, 5.74) is 6.63. The van der Waals surface area contributed by atoms with Gasteiger partial charge in [0.15, 0.2) is 0 Å². The van der Waals surface area contributed by atoms with Crippen LogP contribution in [0.5, 0.6) is 0 Å². The molecule has 0 fully saturated rings. The second-order valence-corrected chi connectivity index (χ2v) is 7.88. The van der Waals surface area contributed by atoms with Gasteiger partial charge in [-0.2, -0.15) is 16.6 Å². The quantitative estimate of drug-likeness (QED) is 0.413. The number of nitrogens with zero attached hydrogens (tertiary/aromatic N) is 1. The summed E-state index contributed by atoms with van der Waals surface area (Å²) in [5.74, 6) is -0.0924. The molecule has 0 aliphatic carbocycles. The number of carbonyl (C=O) groups is 1. The van der Waals surface area contributed by atoms with Crippen LogP contribution in [0.4, 0.5) is 0 Å². The highest BCUT2D eigenvalue weighted by Gasteiger charge is 2.12. The van der Waals surface area contributed by atoms with Crippen molar-refractivity contribution in [1.82, 2.24) is 5.32 Å². The Morgan fingerprint density at radius 1 is 0.900 bits per heavy atom. The molecule has 0 radical (unpaired) electrons. The lowest BCUT2D eigenvalue weighted by Gasteiger charge is -2.15. The molecule has 3 aromatic carbocycles. The summed E-state index contributed by atoms with van der Waals surface area (Å²) in [5, 5.41) is 16.3. The molecule has 1 atom stereocenters. The molecule has 0 spiro atoms. The number of carbonyl (C=O) groups excluding carboxylic acids is 1. The largest absolute Gasteiger partial charge is 0.346 e. The van der Waals surface area contributed by atoms with Gasteiger partial charge in [-0.1, -0.05) is 48.5 Å². The van der Waals surface area contributed by atoms with Gasteiger partial charge in [-0.15, -0.1) is 0 Å². The standard InChI is InChI=1S/C26H20N2OS/c1-18(20-5-7-21(8-6-20)24-4-2-3-19(15-24)16-27)28-26(29)23-11-9-22(10-12-23)25-13-14-30-17-25/h2-15,17-18H,1H3,(H,28,29). The van der Waals surface area contributed by atoms with Crippen molar-refractivity contribution in [3.8, 4) is 28.3 Å². The van der Waals surface area contributed by atoms with E-state index in [0.29, 0.717) is 11.1 Å². The first-order valence-corrected chi connectivity index (χ1v) is 10.6. The highest BCUT2D eigenvalue weighted by molar-refractivity contribution is 7.08. The van der Waals surface area contributed by atoms with Crippen molar-refractivity contribution in [2.75, 3.05) is 0 Å². The van der Waals surface area contributed by atoms with Crippen molar-refractivity contribution in [3.63, 3.8) is 0 Å². The number of benzene rings is 3. The van der Waals surface area contributed by atoms with Crippen LogP contribution in [0.2, 0.25) is 0 Å². The Bertz CT molecular complexity index is 1190. The summed E-state index contributed by atoms with van der Waals surface area (Å²) in [4.78, 5) is 12.6. The summed E-state index contributed by atoms with van der Waals surface area (Å²) >= 11 is 1.66. The summed E-state index contributed by atoms with van der Waals surface area (Å²) < 4.78 is 0. The Balaban J connectivity index is 1.43. The predicted octanol–water partition coefficient (Wildman–Crippen LogP) is 6.44. The third kappa shape index (κ3) is 4.32. The van der Waals surface area contributed by atoms with Crippen molar-refractivity contribution in [3.05, 3.63) is 106 Å². The summed E-state index contributed by atoms with van der Waals surface area (Å²) in [6.07, 6.45) is 0. The number of nitrogens with one attached hydrogen (secondary N) is 1. The molecule has 1 heterocycles. The second-order valence-electron chi connectivity index (χ2n) is 7.10. The number of hydrogen-bond acceptors (Lipinski definition) is 3. The van der Waals surface area contributed by atoms with Crippen LogP contribution in [-0.2, 0) is 0 Å². The Morgan fingerprint density at radius 2 is 1.60 bits per heavy atom. The van der Waals surface area contributed by atoms with Crippen LogP contribution in [0.3, 0.4) is 0 Å². The lowest BCUT2D eigenvalue weighted by atomic mass is 10.00. The van der Waals surface area contributed by atoms with Gasteiger partial charge in [0.05, 0.1) is 17.7 Å². The van der Waals surface area contributed by atoms with Crippen LogP contribution in [0.1, 0.15) is 34.5 Å². The van der Waals surface area contributed by atoms with Crippen LogP contribution >= 0.6 is 11.3 Å². The fourth-order valence-corrected chi connectivity index (χ4v) is 4.00. The predicted molar refractivity (Wildman–Crippen MR) is 122 cm³/mol. The number of thiophene rings is 1. The van der Waals surface area contributed by atoms with E-state index in [2.05, 4.69) is 22.8 Å². The van der Waals surface area contributed by atoms with Crippen LogP contribution in [0.15, 0.2) is 89.6 Å². The molecule has 1 amide bonds. The minimum Gasteiger partial charge on any atom is -0.346 e. The topological polar surface area (TPSA) is 52.9 Å². The van der Waals surface area contributed by atoms with E-state index < -0.39 is 0 Å². The van der Waals surface area contributed by atoms with E-state index in [9.17, 15) is 4.79 Å². The maximum atomic E-state index is 12.6. The van der Waals surface area contributed by atoms with Gasteiger partial charge in [0.25, 0.3) is 5.91 Å². The van der Waals surface area contributed by atoms with Crippen molar-refractivity contribution in [2.45, 2.75) is 13.0 Å². The first-order valence-electron chi connectivity index (χ1n) is 9.68. The van der Waals surface area contributed by atoms with Crippen molar-refractivity contribution in [1.29, 1.82) is 5.26 Å². The molecule has 4 heteroatoms. The van der Waals surface area contributed by atoms with Gasteiger partial charge in [-0.25, -0.2) is 0 Å². The summed E-state index contributed by atoms with van der Waals surface area (Å²) in [7, 11) is 0. The molecular formula is C26H20N2OS. The van der Waals surface area contributed by atoms with E-state index in [1.165, 1.54) is 5.56 Å². The van der Waals surface area contributed by atoms with Gasteiger partial charge < -0.3 is 5.32 Å². The average Bonchev–Trinajstić information content (AvgIpc) is 3.34. The van der Waals surface area contributed by atoms with Crippen LogP contribution in [-0.4, -0.2) is 5.91 Å². The molecule has 1 unspecified atom stereocenters. The molecule has 0 saturated heterocycles. The monoisotopic (exact) mass is 408 g/mol. The fourth-order valence-electron chi connectivity index (χ4n) is 3.34. The van der Waals surface area contributed by atoms with Gasteiger partial charge >= 0.3 is 0 Å². The van der Waals surface area contributed by atoms with Gasteiger partial charge in [0.1, 0.15) is 0 Å². The highest BCUT2D eigenvalue weighted by Crippen LogP contribution is 2.24. The Kier molecular flexibility index (Phi) is 5.74. The Labute approximate surface area is 180 Å².